The number of hydrogen-bond acceptors (Lipinski definition) is 4. The molecule has 4 nitrogen and oxygen atoms in total. The lowest BCUT2D eigenvalue weighted by molar-refractivity contribution is 0.0984. The van der Waals surface area contributed by atoms with E-state index in [1.54, 1.807) is 24.5 Å². The summed E-state index contributed by atoms with van der Waals surface area (Å²) in [7, 11) is 0. The summed E-state index contributed by atoms with van der Waals surface area (Å²) < 4.78 is 2.74. The van der Waals surface area contributed by atoms with Crippen molar-refractivity contribution in [1.82, 2.24) is 9.71 Å². The molecule has 1 aromatic heterocycles. The van der Waals surface area contributed by atoms with E-state index in [4.69, 9.17) is 0 Å². The maximum Gasteiger partial charge on any atom is 0.262 e. The lowest BCUT2D eigenvalue weighted by atomic mass is 10.3. The second-order valence-corrected chi connectivity index (χ2v) is 4.29. The molecule has 0 fully saturated rings. The third kappa shape index (κ3) is 3.78. The first-order valence-corrected chi connectivity index (χ1v) is 6.46. The van der Waals surface area contributed by atoms with Crippen molar-refractivity contribution < 1.29 is 4.79 Å². The minimum Gasteiger partial charge on any atom is -0.374 e. The second-order valence-electron chi connectivity index (χ2n) is 3.50. The van der Waals surface area contributed by atoms with Crippen LogP contribution < -0.4 is 10.0 Å². The van der Waals surface area contributed by atoms with Crippen LogP contribution in [0.4, 0.5) is 5.69 Å². The van der Waals surface area contributed by atoms with E-state index in [9.17, 15) is 4.79 Å². The molecule has 0 aliphatic carbocycles. The van der Waals surface area contributed by atoms with E-state index < -0.39 is 0 Å². The van der Waals surface area contributed by atoms with Crippen molar-refractivity contribution in [2.45, 2.75) is 0 Å². The Kier molecular flexibility index (Phi) is 4.60. The Balaban J connectivity index is 1.72. The van der Waals surface area contributed by atoms with Crippen LogP contribution in [0.2, 0.25) is 0 Å². The Bertz CT molecular complexity index is 490. The molecule has 5 heteroatoms. The number of anilines is 1. The van der Waals surface area contributed by atoms with Crippen molar-refractivity contribution in [3.8, 4) is 0 Å². The number of aromatic nitrogens is 1. The van der Waals surface area contributed by atoms with Gasteiger partial charge in [0.15, 0.2) is 0 Å². The molecule has 1 heterocycles. The molecule has 2 N–H and O–H groups in total. The smallest absolute Gasteiger partial charge is 0.262 e. The summed E-state index contributed by atoms with van der Waals surface area (Å²) in [6, 6.07) is 13.3. The molecule has 0 saturated carbocycles. The van der Waals surface area contributed by atoms with Gasteiger partial charge in [0.2, 0.25) is 0 Å². The Morgan fingerprint density at radius 1 is 1.17 bits per heavy atom. The van der Waals surface area contributed by atoms with Gasteiger partial charge in [0.05, 0.1) is 11.4 Å². The Hall–Kier alpha value is -2.01. The van der Waals surface area contributed by atoms with Crippen LogP contribution in [0, 0.1) is 0 Å². The van der Waals surface area contributed by atoms with Crippen LogP contribution >= 0.6 is 11.9 Å². The summed E-state index contributed by atoms with van der Waals surface area (Å²) in [5.74, 6) is 0.471. The SMILES string of the molecule is O=C(NSCNc1ccccc1)c1cccnc1. The normalized spacial score (nSPS) is 9.78. The van der Waals surface area contributed by atoms with Crippen LogP contribution in [-0.2, 0) is 0 Å². The van der Waals surface area contributed by atoms with E-state index in [0.29, 0.717) is 11.4 Å². The fourth-order valence-corrected chi connectivity index (χ4v) is 1.89. The third-order valence-corrected chi connectivity index (χ3v) is 2.83. The zero-order chi connectivity index (χ0) is 12.6. The highest BCUT2D eigenvalue weighted by Gasteiger charge is 2.03. The van der Waals surface area contributed by atoms with Gasteiger partial charge in [0.1, 0.15) is 0 Å². The average Bonchev–Trinajstić information content (AvgIpc) is 2.45. The first kappa shape index (κ1) is 12.4. The molecule has 1 amide bonds. The second kappa shape index (κ2) is 6.66. The molecular weight excluding hydrogens is 246 g/mol. The summed E-state index contributed by atoms with van der Waals surface area (Å²) >= 11 is 1.31. The molecule has 0 radical (unpaired) electrons. The Morgan fingerprint density at radius 3 is 2.72 bits per heavy atom. The van der Waals surface area contributed by atoms with Gasteiger partial charge in [-0.1, -0.05) is 18.2 Å². The predicted molar refractivity (Wildman–Crippen MR) is 74.2 cm³/mol. The zero-order valence-electron chi connectivity index (χ0n) is 9.67. The van der Waals surface area contributed by atoms with Crippen molar-refractivity contribution in [3.05, 3.63) is 60.4 Å². The van der Waals surface area contributed by atoms with Gasteiger partial charge >= 0.3 is 0 Å². The average molecular weight is 259 g/mol. The van der Waals surface area contributed by atoms with Crippen molar-refractivity contribution in [2.75, 3.05) is 11.2 Å². The number of nitrogens with zero attached hydrogens (tertiary/aromatic N) is 1. The molecule has 0 aliphatic heterocycles. The standard InChI is InChI=1S/C13H13N3OS/c17-13(11-5-4-8-14-9-11)16-18-10-15-12-6-2-1-3-7-12/h1-9,15H,10H2,(H,16,17). The van der Waals surface area contributed by atoms with Crippen LogP contribution in [0.3, 0.4) is 0 Å². The molecule has 92 valence electrons. The summed E-state index contributed by atoms with van der Waals surface area (Å²) in [6.45, 7) is 0. The largest absolute Gasteiger partial charge is 0.374 e. The van der Waals surface area contributed by atoms with Crippen LogP contribution in [0.25, 0.3) is 0 Å². The lowest BCUT2D eigenvalue weighted by Gasteiger charge is -2.06. The van der Waals surface area contributed by atoms with Crippen LogP contribution in [-0.4, -0.2) is 16.8 Å². The van der Waals surface area contributed by atoms with Gasteiger partial charge in [-0.25, -0.2) is 0 Å². The predicted octanol–water partition coefficient (Wildman–Crippen LogP) is 2.53. The molecule has 2 rings (SSSR count). The first-order chi connectivity index (χ1) is 8.86. The van der Waals surface area contributed by atoms with Crippen molar-refractivity contribution in [2.24, 2.45) is 0 Å². The highest BCUT2D eigenvalue weighted by molar-refractivity contribution is 7.98. The van der Waals surface area contributed by atoms with Gasteiger partial charge < -0.3 is 5.32 Å². The van der Waals surface area contributed by atoms with Crippen LogP contribution in [0.5, 0.6) is 0 Å². The quantitative estimate of drug-likeness (QED) is 0.492. The number of carbonyl (C=O) groups is 1. The van der Waals surface area contributed by atoms with Gasteiger partial charge in [-0.2, -0.15) is 0 Å². The molecule has 2 aromatic rings. The van der Waals surface area contributed by atoms with Gasteiger partial charge in [-0.05, 0) is 36.2 Å². The molecule has 0 saturated heterocycles. The Labute approximate surface area is 110 Å². The number of rotatable bonds is 5. The van der Waals surface area contributed by atoms with E-state index >= 15 is 0 Å². The third-order valence-electron chi connectivity index (χ3n) is 2.21. The number of nitrogens with one attached hydrogen (secondary N) is 2. The maximum absolute atomic E-state index is 11.7. The van der Waals surface area contributed by atoms with E-state index in [2.05, 4.69) is 15.0 Å². The van der Waals surface area contributed by atoms with Gasteiger partial charge in [-0.15, -0.1) is 0 Å². The number of pyridine rings is 1. The van der Waals surface area contributed by atoms with E-state index in [1.165, 1.54) is 11.9 Å². The molecule has 0 bridgehead atoms. The van der Waals surface area contributed by atoms with Crippen molar-refractivity contribution in [3.63, 3.8) is 0 Å². The Morgan fingerprint density at radius 2 is 2.00 bits per heavy atom. The molecule has 18 heavy (non-hydrogen) atoms. The summed E-state index contributed by atoms with van der Waals surface area (Å²) in [5.41, 5.74) is 1.59. The maximum atomic E-state index is 11.7. The van der Waals surface area contributed by atoms with E-state index in [0.717, 1.165) is 5.69 Å². The zero-order valence-corrected chi connectivity index (χ0v) is 10.5. The minimum absolute atomic E-state index is 0.136. The topological polar surface area (TPSA) is 54.0 Å². The van der Waals surface area contributed by atoms with Crippen LogP contribution in [0.15, 0.2) is 54.9 Å². The summed E-state index contributed by atoms with van der Waals surface area (Å²) in [6.07, 6.45) is 3.18. The van der Waals surface area contributed by atoms with E-state index in [1.807, 2.05) is 30.3 Å². The number of hydrogen-bond donors (Lipinski definition) is 2. The summed E-state index contributed by atoms with van der Waals surface area (Å²) in [4.78, 5) is 15.6. The highest BCUT2D eigenvalue weighted by atomic mass is 32.2. The summed E-state index contributed by atoms with van der Waals surface area (Å²) in [5, 5.41) is 3.18. The highest BCUT2D eigenvalue weighted by Crippen LogP contribution is 2.07. The number of para-hydroxylation sites is 1. The molecule has 0 unspecified atom stereocenters. The molecule has 1 aromatic carbocycles. The monoisotopic (exact) mass is 259 g/mol. The first-order valence-electron chi connectivity index (χ1n) is 5.47. The van der Waals surface area contributed by atoms with Gasteiger partial charge in [0, 0.05) is 18.1 Å². The van der Waals surface area contributed by atoms with Gasteiger partial charge in [0.25, 0.3) is 5.91 Å². The fourth-order valence-electron chi connectivity index (χ4n) is 1.33. The lowest BCUT2D eigenvalue weighted by Crippen LogP contribution is -2.18. The number of carbonyl (C=O) groups excluding carboxylic acids is 1. The van der Waals surface area contributed by atoms with Crippen molar-refractivity contribution in [1.29, 1.82) is 0 Å². The van der Waals surface area contributed by atoms with Crippen molar-refractivity contribution >= 4 is 23.5 Å². The molecule has 0 atom stereocenters. The van der Waals surface area contributed by atoms with Gasteiger partial charge in [-0.3, -0.25) is 14.5 Å². The van der Waals surface area contributed by atoms with E-state index in [-0.39, 0.29) is 5.91 Å². The number of benzene rings is 1. The van der Waals surface area contributed by atoms with Crippen LogP contribution in [0.1, 0.15) is 10.4 Å². The molecule has 0 aliphatic rings. The fraction of sp³-hybridized carbons (Fsp3) is 0.0769. The molecular formula is C13H13N3OS. The number of amides is 1. The molecule has 0 spiro atoms. The minimum atomic E-state index is -0.136.